The van der Waals surface area contributed by atoms with E-state index in [1.165, 1.54) is 0 Å². The zero-order valence-corrected chi connectivity index (χ0v) is 13.7. The predicted molar refractivity (Wildman–Crippen MR) is 86.0 cm³/mol. The van der Waals surface area contributed by atoms with E-state index in [0.29, 0.717) is 5.02 Å². The zero-order chi connectivity index (χ0) is 15.4. The molecular formula is C16H22ClN3O. The number of nitrogens with zero attached hydrogens (tertiary/aromatic N) is 2. The van der Waals surface area contributed by atoms with Crippen LogP contribution in [-0.4, -0.2) is 22.9 Å². The molecule has 0 saturated carbocycles. The summed E-state index contributed by atoms with van der Waals surface area (Å²) in [6.45, 7) is 6.87. The maximum Gasteiger partial charge on any atom is 0.120 e. The molecule has 0 saturated heterocycles. The number of aromatic nitrogens is 2. The van der Waals surface area contributed by atoms with E-state index >= 15 is 0 Å². The first-order valence-electron chi connectivity index (χ1n) is 7.21. The molecule has 1 unspecified atom stereocenters. The van der Waals surface area contributed by atoms with Crippen molar-refractivity contribution in [2.75, 3.05) is 7.05 Å². The molecule has 0 fully saturated rings. The van der Waals surface area contributed by atoms with Gasteiger partial charge in [0.1, 0.15) is 5.75 Å². The Bertz CT molecular complexity index is 595. The standard InChI is InChI=1S/C16H22ClN3O/c1-5-20-16(14(17)10-19-20)15(18-4)12-7-6-8-13(9-12)21-11(2)3/h6-11,15,18H,5H2,1-4H3. The third kappa shape index (κ3) is 3.57. The summed E-state index contributed by atoms with van der Waals surface area (Å²) in [6.07, 6.45) is 1.84. The van der Waals surface area contributed by atoms with Gasteiger partial charge in [-0.15, -0.1) is 0 Å². The number of aryl methyl sites for hydroxylation is 1. The van der Waals surface area contributed by atoms with Gasteiger partial charge < -0.3 is 10.1 Å². The molecule has 0 radical (unpaired) electrons. The van der Waals surface area contributed by atoms with Crippen molar-refractivity contribution in [2.24, 2.45) is 0 Å². The van der Waals surface area contributed by atoms with Crippen molar-refractivity contribution in [2.45, 2.75) is 39.5 Å². The summed E-state index contributed by atoms with van der Waals surface area (Å²) in [7, 11) is 1.92. The Labute approximate surface area is 131 Å². The highest BCUT2D eigenvalue weighted by Crippen LogP contribution is 2.30. The van der Waals surface area contributed by atoms with Crippen LogP contribution in [0, 0.1) is 0 Å². The minimum Gasteiger partial charge on any atom is -0.491 e. The molecule has 1 aromatic carbocycles. The van der Waals surface area contributed by atoms with Crippen LogP contribution in [-0.2, 0) is 6.54 Å². The molecule has 0 spiro atoms. The summed E-state index contributed by atoms with van der Waals surface area (Å²) in [4.78, 5) is 0. The lowest BCUT2D eigenvalue weighted by atomic mass is 10.0. The maximum atomic E-state index is 6.32. The second-order valence-corrected chi connectivity index (χ2v) is 5.56. The summed E-state index contributed by atoms with van der Waals surface area (Å²) in [5.41, 5.74) is 2.08. The molecule has 114 valence electrons. The topological polar surface area (TPSA) is 39.1 Å². The van der Waals surface area contributed by atoms with E-state index in [2.05, 4.69) is 23.4 Å². The molecule has 1 heterocycles. The van der Waals surface area contributed by atoms with Crippen molar-refractivity contribution in [3.63, 3.8) is 0 Å². The molecule has 2 aromatic rings. The molecule has 0 bridgehead atoms. The molecule has 1 aromatic heterocycles. The van der Waals surface area contributed by atoms with E-state index in [4.69, 9.17) is 16.3 Å². The van der Waals surface area contributed by atoms with Crippen molar-refractivity contribution in [3.8, 4) is 5.75 Å². The average Bonchev–Trinajstić information content (AvgIpc) is 2.81. The first kappa shape index (κ1) is 15.9. The smallest absolute Gasteiger partial charge is 0.120 e. The van der Waals surface area contributed by atoms with E-state index in [1.54, 1.807) is 6.20 Å². The molecule has 21 heavy (non-hydrogen) atoms. The highest BCUT2D eigenvalue weighted by atomic mass is 35.5. The van der Waals surface area contributed by atoms with Crippen LogP contribution < -0.4 is 10.1 Å². The first-order chi connectivity index (χ1) is 10.1. The lowest BCUT2D eigenvalue weighted by Gasteiger charge is -2.20. The fourth-order valence-corrected chi connectivity index (χ4v) is 2.66. The summed E-state index contributed by atoms with van der Waals surface area (Å²) < 4.78 is 7.69. The third-order valence-electron chi connectivity index (χ3n) is 3.26. The van der Waals surface area contributed by atoms with E-state index in [0.717, 1.165) is 23.6 Å². The van der Waals surface area contributed by atoms with Crippen LogP contribution >= 0.6 is 11.6 Å². The number of ether oxygens (including phenoxy) is 1. The largest absolute Gasteiger partial charge is 0.491 e. The van der Waals surface area contributed by atoms with Gasteiger partial charge in [-0.2, -0.15) is 5.10 Å². The van der Waals surface area contributed by atoms with E-state index in [9.17, 15) is 0 Å². The Balaban J connectivity index is 2.39. The van der Waals surface area contributed by atoms with Crippen molar-refractivity contribution in [1.82, 2.24) is 15.1 Å². The van der Waals surface area contributed by atoms with Crippen LogP contribution in [0.15, 0.2) is 30.5 Å². The van der Waals surface area contributed by atoms with Crippen LogP contribution in [0.4, 0.5) is 0 Å². The number of nitrogens with one attached hydrogen (secondary N) is 1. The third-order valence-corrected chi connectivity index (χ3v) is 3.55. The highest BCUT2D eigenvalue weighted by molar-refractivity contribution is 6.31. The van der Waals surface area contributed by atoms with E-state index < -0.39 is 0 Å². The molecule has 2 rings (SSSR count). The van der Waals surface area contributed by atoms with Crippen LogP contribution in [0.3, 0.4) is 0 Å². The molecule has 1 N–H and O–H groups in total. The predicted octanol–water partition coefficient (Wildman–Crippen LogP) is 3.65. The van der Waals surface area contributed by atoms with Crippen molar-refractivity contribution in [1.29, 1.82) is 0 Å². The molecule has 5 heteroatoms. The maximum absolute atomic E-state index is 6.32. The molecule has 0 aliphatic carbocycles. The Morgan fingerprint density at radius 2 is 2.14 bits per heavy atom. The summed E-state index contributed by atoms with van der Waals surface area (Å²) in [6, 6.07) is 8.06. The quantitative estimate of drug-likeness (QED) is 0.885. The van der Waals surface area contributed by atoms with Gasteiger partial charge in [0, 0.05) is 6.54 Å². The monoisotopic (exact) mass is 307 g/mol. The van der Waals surface area contributed by atoms with E-state index in [-0.39, 0.29) is 12.1 Å². The van der Waals surface area contributed by atoms with Gasteiger partial charge in [-0.05, 0) is 45.5 Å². The Morgan fingerprint density at radius 1 is 1.38 bits per heavy atom. The summed E-state index contributed by atoms with van der Waals surface area (Å²) in [5, 5.41) is 8.30. The number of hydrogen-bond acceptors (Lipinski definition) is 3. The molecule has 0 aliphatic heterocycles. The molecule has 4 nitrogen and oxygen atoms in total. The number of halogens is 1. The lowest BCUT2D eigenvalue weighted by Crippen LogP contribution is -2.22. The Morgan fingerprint density at radius 3 is 2.76 bits per heavy atom. The van der Waals surface area contributed by atoms with Crippen LogP contribution in [0.25, 0.3) is 0 Å². The Hall–Kier alpha value is -1.52. The second kappa shape index (κ2) is 6.96. The first-order valence-corrected chi connectivity index (χ1v) is 7.59. The summed E-state index contributed by atoms with van der Waals surface area (Å²) in [5.74, 6) is 0.862. The van der Waals surface area contributed by atoms with E-state index in [1.807, 2.05) is 43.8 Å². The van der Waals surface area contributed by atoms with Crippen molar-refractivity contribution in [3.05, 3.63) is 46.7 Å². The van der Waals surface area contributed by atoms with Crippen molar-refractivity contribution >= 4 is 11.6 Å². The minimum absolute atomic E-state index is 0.0179. The SMILES string of the molecule is CCn1ncc(Cl)c1C(NC)c1cccc(OC(C)C)c1. The van der Waals surface area contributed by atoms with Crippen molar-refractivity contribution < 1.29 is 4.74 Å². The zero-order valence-electron chi connectivity index (χ0n) is 12.9. The van der Waals surface area contributed by atoms with Gasteiger partial charge >= 0.3 is 0 Å². The molecule has 1 atom stereocenters. The number of benzene rings is 1. The van der Waals surface area contributed by atoms with Gasteiger partial charge in [0.25, 0.3) is 0 Å². The van der Waals surface area contributed by atoms with Crippen LogP contribution in [0.1, 0.15) is 38.1 Å². The van der Waals surface area contributed by atoms with Gasteiger partial charge in [0.15, 0.2) is 0 Å². The van der Waals surface area contributed by atoms with Gasteiger partial charge in [-0.25, -0.2) is 0 Å². The lowest BCUT2D eigenvalue weighted by molar-refractivity contribution is 0.242. The van der Waals surface area contributed by atoms with Gasteiger partial charge in [0.05, 0.1) is 29.1 Å². The van der Waals surface area contributed by atoms with Gasteiger partial charge in [0.2, 0.25) is 0 Å². The fraction of sp³-hybridized carbons (Fsp3) is 0.438. The number of rotatable bonds is 6. The van der Waals surface area contributed by atoms with Crippen LogP contribution in [0.2, 0.25) is 5.02 Å². The number of hydrogen-bond donors (Lipinski definition) is 1. The van der Waals surface area contributed by atoms with Gasteiger partial charge in [-0.1, -0.05) is 23.7 Å². The van der Waals surface area contributed by atoms with Crippen LogP contribution in [0.5, 0.6) is 5.75 Å². The minimum atomic E-state index is -0.0179. The fourth-order valence-electron chi connectivity index (χ4n) is 2.41. The Kier molecular flexibility index (Phi) is 5.26. The normalized spacial score (nSPS) is 12.7. The summed E-state index contributed by atoms with van der Waals surface area (Å²) >= 11 is 6.32. The average molecular weight is 308 g/mol. The second-order valence-electron chi connectivity index (χ2n) is 5.15. The molecule has 0 amide bonds. The molecule has 0 aliphatic rings. The molecular weight excluding hydrogens is 286 g/mol. The van der Waals surface area contributed by atoms with Gasteiger partial charge in [-0.3, -0.25) is 4.68 Å². The highest BCUT2D eigenvalue weighted by Gasteiger charge is 2.20.